The zero-order chi connectivity index (χ0) is 16.7. The predicted octanol–water partition coefficient (Wildman–Crippen LogP) is 2.66. The first kappa shape index (κ1) is 17.3. The highest BCUT2D eigenvalue weighted by Crippen LogP contribution is 2.32. The van der Waals surface area contributed by atoms with E-state index in [1.165, 1.54) is 0 Å². The molecule has 0 heterocycles. The monoisotopic (exact) mass is 336 g/mol. The summed E-state index contributed by atoms with van der Waals surface area (Å²) in [6.45, 7) is 4.13. The van der Waals surface area contributed by atoms with Gasteiger partial charge in [0.25, 0.3) is 5.91 Å². The van der Waals surface area contributed by atoms with Gasteiger partial charge < -0.3 is 15.4 Å². The second kappa shape index (κ2) is 8.58. The molecule has 0 spiro atoms. The van der Waals surface area contributed by atoms with E-state index in [1.54, 1.807) is 24.3 Å². The summed E-state index contributed by atoms with van der Waals surface area (Å²) in [5.41, 5.74) is 0.620. The Morgan fingerprint density at radius 1 is 1.22 bits per heavy atom. The van der Waals surface area contributed by atoms with Crippen molar-refractivity contribution in [3.63, 3.8) is 0 Å². The molecule has 2 amide bonds. The van der Waals surface area contributed by atoms with Gasteiger partial charge in [-0.2, -0.15) is 0 Å². The van der Waals surface area contributed by atoms with Crippen LogP contribution in [-0.4, -0.2) is 25.0 Å². The fourth-order valence-electron chi connectivity index (χ4n) is 1.98. The first-order chi connectivity index (χ1) is 11.0. The van der Waals surface area contributed by atoms with Gasteiger partial charge in [-0.25, -0.2) is 0 Å². The van der Waals surface area contributed by atoms with Gasteiger partial charge in [-0.15, -0.1) is 0 Å². The molecule has 1 aliphatic carbocycles. The summed E-state index contributed by atoms with van der Waals surface area (Å²) in [6, 6.07) is 6.80. The van der Waals surface area contributed by atoms with Crippen LogP contribution in [0.4, 0.5) is 0 Å². The van der Waals surface area contributed by atoms with E-state index in [2.05, 4.69) is 17.2 Å². The highest BCUT2D eigenvalue weighted by Gasteiger charge is 2.24. The number of benzene rings is 1. The molecule has 1 aromatic carbocycles. The second-order valence-electron chi connectivity index (χ2n) is 5.64. The van der Waals surface area contributed by atoms with E-state index in [4.69, 9.17) is 16.3 Å². The van der Waals surface area contributed by atoms with Crippen LogP contribution in [0.15, 0.2) is 36.5 Å². The number of hydrogen-bond acceptors (Lipinski definition) is 3. The number of amides is 2. The number of hydrogen-bond donors (Lipinski definition) is 2. The number of halogens is 1. The maximum Gasteiger partial charge on any atom is 0.257 e. The number of carbonyl (C=O) groups is 2. The van der Waals surface area contributed by atoms with Crippen molar-refractivity contribution in [2.75, 3.05) is 13.2 Å². The number of rotatable bonds is 9. The summed E-state index contributed by atoms with van der Waals surface area (Å²) in [5.74, 6) is 0.917. The van der Waals surface area contributed by atoms with Gasteiger partial charge in [0.1, 0.15) is 5.75 Å². The van der Waals surface area contributed by atoms with Gasteiger partial charge in [0.15, 0.2) is 6.61 Å². The SMILES string of the molecule is C=C(CCNC(=O)COc1ccc(Cl)cc1)NC(=O)CC1CC1. The van der Waals surface area contributed by atoms with Gasteiger partial charge in [-0.3, -0.25) is 9.59 Å². The zero-order valence-electron chi connectivity index (χ0n) is 12.9. The Balaban J connectivity index is 1.55. The molecule has 0 radical (unpaired) electrons. The van der Waals surface area contributed by atoms with Gasteiger partial charge in [-0.05, 0) is 43.0 Å². The second-order valence-corrected chi connectivity index (χ2v) is 6.08. The summed E-state index contributed by atoms with van der Waals surface area (Å²) < 4.78 is 5.33. The van der Waals surface area contributed by atoms with E-state index < -0.39 is 0 Å². The highest BCUT2D eigenvalue weighted by atomic mass is 35.5. The van der Waals surface area contributed by atoms with Crippen LogP contribution in [0.2, 0.25) is 5.02 Å². The van der Waals surface area contributed by atoms with Gasteiger partial charge in [0.05, 0.1) is 0 Å². The fourth-order valence-corrected chi connectivity index (χ4v) is 2.10. The first-order valence-corrected chi connectivity index (χ1v) is 8.03. The summed E-state index contributed by atoms with van der Waals surface area (Å²) >= 11 is 5.77. The highest BCUT2D eigenvalue weighted by molar-refractivity contribution is 6.30. The van der Waals surface area contributed by atoms with Crippen LogP contribution >= 0.6 is 11.6 Å². The molecule has 6 heteroatoms. The fraction of sp³-hybridized carbons (Fsp3) is 0.412. The van der Waals surface area contributed by atoms with E-state index in [1.807, 2.05) is 0 Å². The molecule has 2 rings (SSSR count). The summed E-state index contributed by atoms with van der Waals surface area (Å²) in [7, 11) is 0. The summed E-state index contributed by atoms with van der Waals surface area (Å²) in [6.07, 6.45) is 3.36. The molecule has 1 aliphatic rings. The molecule has 0 saturated heterocycles. The Morgan fingerprint density at radius 2 is 1.91 bits per heavy atom. The van der Waals surface area contributed by atoms with Gasteiger partial charge in [0, 0.05) is 30.1 Å². The number of nitrogens with one attached hydrogen (secondary N) is 2. The lowest BCUT2D eigenvalue weighted by atomic mass is 10.2. The van der Waals surface area contributed by atoms with E-state index in [9.17, 15) is 9.59 Å². The van der Waals surface area contributed by atoms with Crippen molar-refractivity contribution >= 4 is 23.4 Å². The third-order valence-electron chi connectivity index (χ3n) is 3.42. The number of ether oxygens (including phenoxy) is 1. The molecule has 1 aromatic rings. The molecule has 124 valence electrons. The molecule has 1 saturated carbocycles. The van der Waals surface area contributed by atoms with Crippen molar-refractivity contribution in [1.82, 2.24) is 10.6 Å². The van der Waals surface area contributed by atoms with Crippen molar-refractivity contribution < 1.29 is 14.3 Å². The van der Waals surface area contributed by atoms with Crippen LogP contribution < -0.4 is 15.4 Å². The minimum Gasteiger partial charge on any atom is -0.484 e. The van der Waals surface area contributed by atoms with E-state index in [0.717, 1.165) is 12.8 Å². The van der Waals surface area contributed by atoms with Crippen molar-refractivity contribution in [2.45, 2.75) is 25.7 Å². The Labute approximate surface area is 141 Å². The number of carbonyl (C=O) groups excluding carboxylic acids is 2. The molecular formula is C17H21ClN2O3. The average molecular weight is 337 g/mol. The lowest BCUT2D eigenvalue weighted by Gasteiger charge is -2.10. The molecule has 1 fully saturated rings. The van der Waals surface area contributed by atoms with Gasteiger partial charge >= 0.3 is 0 Å². The minimum atomic E-state index is -0.225. The topological polar surface area (TPSA) is 67.4 Å². The molecule has 23 heavy (non-hydrogen) atoms. The summed E-state index contributed by atoms with van der Waals surface area (Å²) in [4.78, 5) is 23.3. The molecule has 0 aromatic heterocycles. The van der Waals surface area contributed by atoms with Gasteiger partial charge in [0.2, 0.25) is 5.91 Å². The Hall–Kier alpha value is -2.01. The Bertz CT molecular complexity index is 568. The maximum absolute atomic E-state index is 11.7. The molecule has 0 bridgehead atoms. The molecule has 0 unspecified atom stereocenters. The molecular weight excluding hydrogens is 316 g/mol. The minimum absolute atomic E-state index is 0.00917. The third kappa shape index (κ3) is 7.19. The first-order valence-electron chi connectivity index (χ1n) is 7.65. The third-order valence-corrected chi connectivity index (χ3v) is 3.67. The lowest BCUT2D eigenvalue weighted by Crippen LogP contribution is -2.31. The van der Waals surface area contributed by atoms with E-state index in [-0.39, 0.29) is 18.4 Å². The molecule has 0 aliphatic heterocycles. The van der Waals surface area contributed by atoms with Crippen molar-refractivity contribution in [3.05, 3.63) is 41.6 Å². The van der Waals surface area contributed by atoms with Gasteiger partial charge in [-0.1, -0.05) is 18.2 Å². The van der Waals surface area contributed by atoms with Crippen LogP contribution in [0.5, 0.6) is 5.75 Å². The maximum atomic E-state index is 11.7. The normalized spacial score (nSPS) is 13.3. The molecule has 2 N–H and O–H groups in total. The van der Waals surface area contributed by atoms with Crippen molar-refractivity contribution in [1.29, 1.82) is 0 Å². The van der Waals surface area contributed by atoms with Crippen LogP contribution in [-0.2, 0) is 9.59 Å². The van der Waals surface area contributed by atoms with Crippen molar-refractivity contribution in [2.24, 2.45) is 5.92 Å². The average Bonchev–Trinajstić information content (AvgIpc) is 3.30. The van der Waals surface area contributed by atoms with Crippen molar-refractivity contribution in [3.8, 4) is 5.75 Å². The zero-order valence-corrected chi connectivity index (χ0v) is 13.7. The molecule has 5 nitrogen and oxygen atoms in total. The van der Waals surface area contributed by atoms with Crippen LogP contribution in [0.3, 0.4) is 0 Å². The predicted molar refractivity (Wildman–Crippen MR) is 89.2 cm³/mol. The lowest BCUT2D eigenvalue weighted by molar-refractivity contribution is -0.123. The molecule has 0 atom stereocenters. The summed E-state index contributed by atoms with van der Waals surface area (Å²) in [5, 5.41) is 6.09. The smallest absolute Gasteiger partial charge is 0.257 e. The van der Waals surface area contributed by atoms with Crippen LogP contribution in [0.1, 0.15) is 25.7 Å². The van der Waals surface area contributed by atoms with E-state index >= 15 is 0 Å². The van der Waals surface area contributed by atoms with Crippen LogP contribution in [0, 0.1) is 5.92 Å². The quantitative estimate of drug-likeness (QED) is 0.728. The standard InChI is InChI=1S/C17H21ClN2O3/c1-12(20-16(21)10-13-2-3-13)8-9-19-17(22)11-23-15-6-4-14(18)5-7-15/h4-7,13H,1-3,8-11H2,(H,19,22)(H,20,21). The van der Waals surface area contributed by atoms with Crippen LogP contribution in [0.25, 0.3) is 0 Å². The van der Waals surface area contributed by atoms with E-state index in [0.29, 0.717) is 41.8 Å². The largest absolute Gasteiger partial charge is 0.484 e. The Morgan fingerprint density at radius 3 is 2.57 bits per heavy atom. The Kier molecular flexibility index (Phi) is 6.47.